The zero-order valence-electron chi connectivity index (χ0n) is 35.0. The first-order valence-electron chi connectivity index (χ1n) is 23.2. The molecule has 308 valence electrons. The predicted molar refractivity (Wildman–Crippen MR) is 227 cm³/mol. The van der Waals surface area contributed by atoms with Gasteiger partial charge >= 0.3 is 0 Å². The second-order valence-corrected chi connectivity index (χ2v) is 16.0. The SMILES string of the molecule is CCCCC/C=C/CC/C=C/C(O)C(CO)NC(=O)C(O)CCCCCCCCCCCCCCCCCCCCCCCCCCCCCCC. The summed E-state index contributed by atoms with van der Waals surface area (Å²) in [5.74, 6) is -0.512. The van der Waals surface area contributed by atoms with E-state index < -0.39 is 24.2 Å². The van der Waals surface area contributed by atoms with Crippen LogP contribution in [0.5, 0.6) is 0 Å². The Morgan fingerprint density at radius 1 is 0.462 bits per heavy atom. The second-order valence-electron chi connectivity index (χ2n) is 16.0. The molecule has 3 unspecified atom stereocenters. The van der Waals surface area contributed by atoms with E-state index in [0.717, 1.165) is 38.5 Å². The molecule has 0 heterocycles. The standard InChI is InChI=1S/C47H91NO4/c1-3-5-7-9-11-13-14-15-16-17-18-19-20-21-22-23-24-25-26-27-28-29-30-31-32-34-36-38-40-42-46(51)47(52)48-44(43-49)45(50)41-39-37-35-33-12-10-8-6-4-2/h12,33,39,41,44-46,49-51H,3-11,13-32,34-38,40,42-43H2,1-2H3,(H,48,52)/b33-12+,41-39+. The molecule has 0 saturated heterocycles. The van der Waals surface area contributed by atoms with Crippen LogP contribution in [0.1, 0.15) is 245 Å². The summed E-state index contributed by atoms with van der Waals surface area (Å²) in [5, 5.41) is 32.9. The van der Waals surface area contributed by atoms with Crippen molar-refractivity contribution in [1.29, 1.82) is 0 Å². The van der Waals surface area contributed by atoms with Crippen LogP contribution in [0.3, 0.4) is 0 Å². The third kappa shape index (κ3) is 37.2. The molecule has 0 saturated carbocycles. The molecule has 0 aliphatic rings. The van der Waals surface area contributed by atoms with Crippen LogP contribution in [0.15, 0.2) is 24.3 Å². The normalized spacial score (nSPS) is 13.7. The lowest BCUT2D eigenvalue weighted by Crippen LogP contribution is -2.48. The van der Waals surface area contributed by atoms with Crippen molar-refractivity contribution in [3.8, 4) is 0 Å². The molecule has 0 fully saturated rings. The number of carbonyl (C=O) groups is 1. The van der Waals surface area contributed by atoms with Crippen molar-refractivity contribution in [2.75, 3.05) is 6.61 Å². The molecule has 0 aromatic rings. The van der Waals surface area contributed by atoms with Crippen molar-refractivity contribution in [1.82, 2.24) is 5.32 Å². The molecule has 0 bridgehead atoms. The summed E-state index contributed by atoms with van der Waals surface area (Å²) in [6.07, 6.45) is 52.5. The van der Waals surface area contributed by atoms with Crippen LogP contribution in [-0.4, -0.2) is 46.1 Å². The van der Waals surface area contributed by atoms with Gasteiger partial charge in [-0.2, -0.15) is 0 Å². The van der Waals surface area contributed by atoms with Crippen molar-refractivity contribution >= 4 is 5.91 Å². The summed E-state index contributed by atoms with van der Waals surface area (Å²) in [5.41, 5.74) is 0. The van der Waals surface area contributed by atoms with E-state index in [2.05, 4.69) is 31.3 Å². The molecule has 5 nitrogen and oxygen atoms in total. The molecular weight excluding hydrogens is 643 g/mol. The van der Waals surface area contributed by atoms with Crippen LogP contribution in [0, 0.1) is 0 Å². The third-order valence-corrected chi connectivity index (χ3v) is 10.8. The highest BCUT2D eigenvalue weighted by atomic mass is 16.3. The number of aliphatic hydroxyl groups is 3. The molecule has 52 heavy (non-hydrogen) atoms. The Labute approximate surface area is 324 Å². The van der Waals surface area contributed by atoms with Gasteiger partial charge in [0.25, 0.3) is 0 Å². The van der Waals surface area contributed by atoms with E-state index in [9.17, 15) is 20.1 Å². The Balaban J connectivity index is 3.48. The molecule has 0 aliphatic carbocycles. The Morgan fingerprint density at radius 3 is 1.17 bits per heavy atom. The fourth-order valence-electron chi connectivity index (χ4n) is 7.14. The van der Waals surface area contributed by atoms with Crippen molar-refractivity contribution in [2.45, 2.75) is 263 Å². The molecule has 1 amide bonds. The number of aliphatic hydroxyl groups excluding tert-OH is 3. The van der Waals surface area contributed by atoms with Crippen molar-refractivity contribution in [3.05, 3.63) is 24.3 Å². The van der Waals surface area contributed by atoms with Gasteiger partial charge in [0.2, 0.25) is 5.91 Å². The van der Waals surface area contributed by atoms with Crippen LogP contribution in [0.2, 0.25) is 0 Å². The van der Waals surface area contributed by atoms with Crippen molar-refractivity contribution in [3.63, 3.8) is 0 Å². The summed E-state index contributed by atoms with van der Waals surface area (Å²) >= 11 is 0. The number of rotatable bonds is 42. The summed E-state index contributed by atoms with van der Waals surface area (Å²) < 4.78 is 0. The van der Waals surface area contributed by atoms with Crippen LogP contribution in [-0.2, 0) is 4.79 Å². The van der Waals surface area contributed by atoms with E-state index >= 15 is 0 Å². The molecule has 0 aromatic heterocycles. The van der Waals surface area contributed by atoms with Gasteiger partial charge in [0.1, 0.15) is 6.10 Å². The van der Waals surface area contributed by atoms with E-state index in [1.807, 2.05) is 6.08 Å². The van der Waals surface area contributed by atoms with Gasteiger partial charge in [0.05, 0.1) is 18.8 Å². The number of hydrogen-bond donors (Lipinski definition) is 4. The van der Waals surface area contributed by atoms with E-state index in [1.54, 1.807) is 6.08 Å². The first-order valence-corrected chi connectivity index (χ1v) is 23.2. The highest BCUT2D eigenvalue weighted by molar-refractivity contribution is 5.80. The molecule has 3 atom stereocenters. The predicted octanol–water partition coefficient (Wildman–Crippen LogP) is 13.4. The lowest BCUT2D eigenvalue weighted by atomic mass is 10.0. The first kappa shape index (κ1) is 50.8. The average molecular weight is 734 g/mol. The van der Waals surface area contributed by atoms with Crippen LogP contribution in [0.4, 0.5) is 0 Å². The monoisotopic (exact) mass is 734 g/mol. The van der Waals surface area contributed by atoms with Crippen LogP contribution < -0.4 is 5.32 Å². The summed E-state index contributed by atoms with van der Waals surface area (Å²) in [4.78, 5) is 12.4. The Kier molecular flexibility index (Phi) is 41.6. The zero-order chi connectivity index (χ0) is 38.0. The zero-order valence-corrected chi connectivity index (χ0v) is 35.0. The minimum absolute atomic E-state index is 0.374. The summed E-state index contributed by atoms with van der Waals surface area (Å²) in [6.45, 7) is 4.13. The van der Waals surface area contributed by atoms with Crippen molar-refractivity contribution in [2.24, 2.45) is 0 Å². The van der Waals surface area contributed by atoms with E-state index in [1.165, 1.54) is 186 Å². The first-order chi connectivity index (χ1) is 25.6. The summed E-state index contributed by atoms with van der Waals surface area (Å²) in [7, 11) is 0. The molecular formula is C47H91NO4. The van der Waals surface area contributed by atoms with Gasteiger partial charge in [0, 0.05) is 0 Å². The largest absolute Gasteiger partial charge is 0.394 e. The fourth-order valence-corrected chi connectivity index (χ4v) is 7.14. The maximum absolute atomic E-state index is 12.4. The number of unbranched alkanes of at least 4 members (excludes halogenated alkanes) is 32. The smallest absolute Gasteiger partial charge is 0.249 e. The van der Waals surface area contributed by atoms with Gasteiger partial charge in [-0.3, -0.25) is 4.79 Å². The van der Waals surface area contributed by atoms with E-state index in [-0.39, 0.29) is 6.61 Å². The van der Waals surface area contributed by atoms with Gasteiger partial charge in [0.15, 0.2) is 0 Å². The maximum Gasteiger partial charge on any atom is 0.249 e. The number of nitrogens with one attached hydrogen (secondary N) is 1. The van der Waals surface area contributed by atoms with Gasteiger partial charge < -0.3 is 20.6 Å². The van der Waals surface area contributed by atoms with Gasteiger partial charge in [-0.25, -0.2) is 0 Å². The third-order valence-electron chi connectivity index (χ3n) is 10.8. The minimum atomic E-state index is -1.10. The molecule has 5 heteroatoms. The lowest BCUT2D eigenvalue weighted by Gasteiger charge is -2.21. The quantitative estimate of drug-likeness (QED) is 0.0371. The highest BCUT2D eigenvalue weighted by Crippen LogP contribution is 2.17. The topological polar surface area (TPSA) is 89.8 Å². The van der Waals surface area contributed by atoms with Gasteiger partial charge in [-0.15, -0.1) is 0 Å². The Morgan fingerprint density at radius 2 is 0.788 bits per heavy atom. The maximum atomic E-state index is 12.4. The van der Waals surface area contributed by atoms with E-state index in [4.69, 9.17) is 0 Å². The van der Waals surface area contributed by atoms with Crippen LogP contribution >= 0.6 is 0 Å². The van der Waals surface area contributed by atoms with Gasteiger partial charge in [-0.1, -0.05) is 237 Å². The fraction of sp³-hybridized carbons (Fsp3) is 0.894. The second kappa shape index (κ2) is 42.6. The molecule has 4 N–H and O–H groups in total. The molecule has 0 aromatic carbocycles. The van der Waals surface area contributed by atoms with Crippen molar-refractivity contribution < 1.29 is 20.1 Å². The molecule has 0 spiro atoms. The Bertz CT molecular complexity index is 768. The number of amides is 1. The summed E-state index contributed by atoms with van der Waals surface area (Å²) in [6, 6.07) is -0.809. The Hall–Kier alpha value is -1.17. The van der Waals surface area contributed by atoms with E-state index in [0.29, 0.717) is 6.42 Å². The van der Waals surface area contributed by atoms with Gasteiger partial charge in [-0.05, 0) is 32.1 Å². The highest BCUT2D eigenvalue weighted by Gasteiger charge is 2.22. The molecule has 0 aliphatic heterocycles. The number of allylic oxidation sites excluding steroid dienone is 3. The van der Waals surface area contributed by atoms with Crippen LogP contribution in [0.25, 0.3) is 0 Å². The minimum Gasteiger partial charge on any atom is -0.394 e. The molecule has 0 rings (SSSR count). The number of hydrogen-bond acceptors (Lipinski definition) is 4. The number of carbonyl (C=O) groups excluding carboxylic acids is 1. The lowest BCUT2D eigenvalue weighted by molar-refractivity contribution is -0.131. The molecule has 0 radical (unpaired) electrons. The average Bonchev–Trinajstić information content (AvgIpc) is 3.15.